The third-order valence-corrected chi connectivity index (χ3v) is 4.03. The molecule has 0 aliphatic carbocycles. The molecule has 0 atom stereocenters. The minimum atomic E-state index is -0.850. The molecule has 0 saturated heterocycles. The molecule has 2 aromatic rings. The first kappa shape index (κ1) is 19.5. The van der Waals surface area contributed by atoms with Crippen LogP contribution in [0.1, 0.15) is 22.8 Å². The van der Waals surface area contributed by atoms with Crippen molar-refractivity contribution in [2.24, 2.45) is 0 Å². The van der Waals surface area contributed by atoms with Crippen LogP contribution in [0.3, 0.4) is 0 Å². The zero-order valence-electron chi connectivity index (χ0n) is 14.7. The predicted molar refractivity (Wildman–Crippen MR) is 101 cm³/mol. The zero-order valence-corrected chi connectivity index (χ0v) is 15.5. The van der Waals surface area contributed by atoms with Crippen LogP contribution in [0.5, 0.6) is 0 Å². The largest absolute Gasteiger partial charge is 0.465 e. The Morgan fingerprint density at radius 2 is 1.88 bits per heavy atom. The highest BCUT2D eigenvalue weighted by Crippen LogP contribution is 2.24. The number of benzene rings is 2. The molecule has 2 aromatic carbocycles. The van der Waals surface area contributed by atoms with E-state index in [2.05, 4.69) is 10.1 Å². The van der Waals surface area contributed by atoms with Crippen molar-refractivity contribution in [2.75, 3.05) is 23.9 Å². The molecule has 0 aliphatic rings. The Hall–Kier alpha value is -2.86. The minimum Gasteiger partial charge on any atom is -0.465 e. The molecule has 26 heavy (non-hydrogen) atoms. The van der Waals surface area contributed by atoms with Crippen molar-refractivity contribution in [3.05, 3.63) is 58.6 Å². The third-order valence-electron chi connectivity index (χ3n) is 3.70. The average Bonchev–Trinajstić information content (AvgIpc) is 2.63. The molecule has 0 radical (unpaired) electrons. The number of ether oxygens (including phenoxy) is 1. The molecule has 0 spiro atoms. The Bertz CT molecular complexity index is 851. The summed E-state index contributed by atoms with van der Waals surface area (Å²) in [6, 6.07) is 11.6. The molecule has 0 aromatic heterocycles. The van der Waals surface area contributed by atoms with Crippen molar-refractivity contribution >= 4 is 40.8 Å². The molecule has 0 aliphatic heterocycles. The number of anilines is 2. The van der Waals surface area contributed by atoms with Gasteiger partial charge < -0.3 is 15.0 Å². The molecule has 2 rings (SSSR count). The molecule has 7 heteroatoms. The van der Waals surface area contributed by atoms with Gasteiger partial charge in [0.1, 0.15) is 0 Å². The van der Waals surface area contributed by atoms with E-state index in [-0.39, 0.29) is 16.3 Å². The molecule has 2 amide bonds. The van der Waals surface area contributed by atoms with Gasteiger partial charge in [0.2, 0.25) is 0 Å². The Morgan fingerprint density at radius 3 is 2.50 bits per heavy atom. The van der Waals surface area contributed by atoms with E-state index >= 15 is 0 Å². The molecule has 1 N–H and O–H groups in total. The van der Waals surface area contributed by atoms with Crippen LogP contribution in [0.25, 0.3) is 0 Å². The van der Waals surface area contributed by atoms with Gasteiger partial charge in [-0.05, 0) is 49.7 Å². The van der Waals surface area contributed by atoms with Gasteiger partial charge in [-0.25, -0.2) is 4.79 Å². The van der Waals surface area contributed by atoms with Gasteiger partial charge in [0, 0.05) is 12.2 Å². The number of nitrogens with one attached hydrogen (secondary N) is 1. The number of likely N-dealkylation sites (N-methyl/N-ethyl adjacent to an activating group) is 1. The van der Waals surface area contributed by atoms with E-state index in [1.165, 1.54) is 30.2 Å². The van der Waals surface area contributed by atoms with Crippen molar-refractivity contribution in [3.8, 4) is 0 Å². The van der Waals surface area contributed by atoms with Gasteiger partial charge in [0.25, 0.3) is 0 Å². The van der Waals surface area contributed by atoms with Crippen LogP contribution < -0.4 is 10.2 Å². The van der Waals surface area contributed by atoms with Crippen molar-refractivity contribution in [3.63, 3.8) is 0 Å². The molecule has 0 bridgehead atoms. The van der Waals surface area contributed by atoms with Crippen LogP contribution >= 0.6 is 11.6 Å². The van der Waals surface area contributed by atoms with E-state index in [0.717, 1.165) is 5.56 Å². The predicted octanol–water partition coefficient (Wildman–Crippen LogP) is 3.43. The van der Waals surface area contributed by atoms with E-state index in [9.17, 15) is 14.4 Å². The van der Waals surface area contributed by atoms with Crippen LogP contribution in [0.2, 0.25) is 5.02 Å². The Kier molecular flexibility index (Phi) is 6.36. The van der Waals surface area contributed by atoms with Crippen LogP contribution in [0, 0.1) is 6.92 Å². The van der Waals surface area contributed by atoms with Crippen molar-refractivity contribution in [2.45, 2.75) is 13.8 Å². The summed E-state index contributed by atoms with van der Waals surface area (Å²) in [4.78, 5) is 37.9. The van der Waals surface area contributed by atoms with Gasteiger partial charge in [-0.3, -0.25) is 9.59 Å². The van der Waals surface area contributed by atoms with Crippen molar-refractivity contribution < 1.29 is 19.1 Å². The summed E-state index contributed by atoms with van der Waals surface area (Å²) < 4.78 is 4.64. The van der Waals surface area contributed by atoms with Gasteiger partial charge in [0.05, 0.1) is 23.4 Å². The number of halogens is 1. The first-order valence-corrected chi connectivity index (χ1v) is 8.32. The molecular weight excluding hydrogens is 356 g/mol. The number of hydrogen-bond acceptors (Lipinski definition) is 4. The summed E-state index contributed by atoms with van der Waals surface area (Å²) in [5.41, 5.74) is 1.98. The first-order chi connectivity index (χ1) is 12.4. The molecule has 0 heterocycles. The molecule has 0 fully saturated rings. The summed E-state index contributed by atoms with van der Waals surface area (Å²) >= 11 is 6.05. The summed E-state index contributed by atoms with van der Waals surface area (Å²) in [7, 11) is 1.25. The lowest BCUT2D eigenvalue weighted by Crippen LogP contribution is -2.39. The summed E-state index contributed by atoms with van der Waals surface area (Å²) in [5.74, 6) is -2.15. The fraction of sp³-hybridized carbons (Fsp3) is 0.211. The highest BCUT2D eigenvalue weighted by molar-refractivity contribution is 6.45. The fourth-order valence-corrected chi connectivity index (χ4v) is 2.57. The number of aryl methyl sites for hydroxylation is 1. The lowest BCUT2D eigenvalue weighted by molar-refractivity contribution is -0.134. The molecule has 0 unspecified atom stereocenters. The zero-order chi connectivity index (χ0) is 19.3. The molecular formula is C19H19ClN2O4. The smallest absolute Gasteiger partial charge is 0.337 e. The maximum absolute atomic E-state index is 12.6. The van der Waals surface area contributed by atoms with Crippen LogP contribution in [-0.2, 0) is 14.3 Å². The lowest BCUT2D eigenvalue weighted by Gasteiger charge is -2.21. The highest BCUT2D eigenvalue weighted by Gasteiger charge is 2.23. The monoisotopic (exact) mass is 374 g/mol. The van der Waals surface area contributed by atoms with Crippen molar-refractivity contribution in [1.29, 1.82) is 0 Å². The number of hydrogen-bond donors (Lipinski definition) is 1. The van der Waals surface area contributed by atoms with E-state index < -0.39 is 17.8 Å². The maximum atomic E-state index is 12.6. The van der Waals surface area contributed by atoms with E-state index in [4.69, 9.17) is 11.6 Å². The summed E-state index contributed by atoms with van der Waals surface area (Å²) in [5, 5.41) is 2.66. The quantitative estimate of drug-likeness (QED) is 0.657. The lowest BCUT2D eigenvalue weighted by atomic mass is 10.2. The number of esters is 1. The fourth-order valence-electron chi connectivity index (χ4n) is 2.40. The van der Waals surface area contributed by atoms with Crippen molar-refractivity contribution in [1.82, 2.24) is 0 Å². The summed E-state index contributed by atoms with van der Waals surface area (Å²) in [6.45, 7) is 4.00. The third kappa shape index (κ3) is 4.40. The second-order valence-corrected chi connectivity index (χ2v) is 5.94. The van der Waals surface area contributed by atoms with Gasteiger partial charge in [-0.1, -0.05) is 23.7 Å². The van der Waals surface area contributed by atoms with E-state index in [1.54, 1.807) is 13.0 Å². The number of rotatable bonds is 4. The topological polar surface area (TPSA) is 75.7 Å². The number of amides is 2. The van der Waals surface area contributed by atoms with Gasteiger partial charge in [-0.15, -0.1) is 0 Å². The van der Waals surface area contributed by atoms with Crippen LogP contribution in [0.15, 0.2) is 42.5 Å². The summed E-state index contributed by atoms with van der Waals surface area (Å²) in [6.07, 6.45) is 0. The molecule has 6 nitrogen and oxygen atoms in total. The average molecular weight is 375 g/mol. The standard InChI is InChI=1S/C19H19ClN2O4/c1-4-22(14-7-5-6-12(2)10-14)18(24)17(23)21-16-11-13(19(25)26-3)8-9-15(16)20/h5-11H,4H2,1-3H3,(H,21,23). The van der Waals surface area contributed by atoms with Crippen LogP contribution in [0.4, 0.5) is 11.4 Å². The molecule has 0 saturated carbocycles. The minimum absolute atomic E-state index is 0.160. The second kappa shape index (κ2) is 8.49. The number of carbonyl (C=O) groups excluding carboxylic acids is 3. The Morgan fingerprint density at radius 1 is 1.15 bits per heavy atom. The van der Waals surface area contributed by atoms with Gasteiger partial charge in [0.15, 0.2) is 0 Å². The van der Waals surface area contributed by atoms with E-state index in [1.807, 2.05) is 25.1 Å². The number of carbonyl (C=O) groups is 3. The first-order valence-electron chi connectivity index (χ1n) is 7.94. The number of methoxy groups -OCH3 is 1. The second-order valence-electron chi connectivity index (χ2n) is 5.53. The molecule has 136 valence electrons. The maximum Gasteiger partial charge on any atom is 0.337 e. The highest BCUT2D eigenvalue weighted by atomic mass is 35.5. The van der Waals surface area contributed by atoms with Crippen LogP contribution in [-0.4, -0.2) is 31.4 Å². The Balaban J connectivity index is 2.23. The normalized spacial score (nSPS) is 10.2. The van der Waals surface area contributed by atoms with E-state index in [0.29, 0.717) is 12.2 Å². The number of nitrogens with zero attached hydrogens (tertiary/aromatic N) is 1. The van der Waals surface area contributed by atoms with Gasteiger partial charge in [-0.2, -0.15) is 0 Å². The Labute approximate surface area is 156 Å². The van der Waals surface area contributed by atoms with Gasteiger partial charge >= 0.3 is 17.8 Å². The SMILES string of the molecule is CCN(C(=O)C(=O)Nc1cc(C(=O)OC)ccc1Cl)c1cccc(C)c1.